The van der Waals surface area contributed by atoms with E-state index in [2.05, 4.69) is 15.0 Å². The lowest BCUT2D eigenvalue weighted by Gasteiger charge is -2.18. The van der Waals surface area contributed by atoms with Gasteiger partial charge in [-0.05, 0) is 31.5 Å². The third-order valence-corrected chi connectivity index (χ3v) is 3.30. The Bertz CT molecular complexity index is 590. The van der Waals surface area contributed by atoms with Gasteiger partial charge in [0.25, 0.3) is 0 Å². The van der Waals surface area contributed by atoms with Crippen molar-refractivity contribution in [2.24, 2.45) is 0 Å². The van der Waals surface area contributed by atoms with Crippen LogP contribution in [0, 0.1) is 6.92 Å². The molecule has 21 heavy (non-hydrogen) atoms. The molecule has 2 aromatic rings. The molecule has 5 heteroatoms. The molecule has 112 valence electrons. The van der Waals surface area contributed by atoms with Crippen LogP contribution >= 0.6 is 0 Å². The van der Waals surface area contributed by atoms with E-state index >= 15 is 0 Å². The summed E-state index contributed by atoms with van der Waals surface area (Å²) in [4.78, 5) is 4.30. The molecule has 0 aliphatic heterocycles. The van der Waals surface area contributed by atoms with Gasteiger partial charge in [0.15, 0.2) is 0 Å². The average Bonchev–Trinajstić information content (AvgIpc) is 2.46. The Hall–Kier alpha value is -2.01. The molecule has 0 amide bonds. The van der Waals surface area contributed by atoms with E-state index in [0.717, 1.165) is 11.3 Å². The van der Waals surface area contributed by atoms with Crippen LogP contribution in [0.15, 0.2) is 42.6 Å². The third kappa shape index (κ3) is 4.23. The maximum absolute atomic E-state index is 12.4. The quantitative estimate of drug-likeness (QED) is 0.878. The molecule has 1 unspecified atom stereocenters. The minimum atomic E-state index is -2.82. The second-order valence-electron chi connectivity index (χ2n) is 4.79. The molecule has 0 aliphatic carbocycles. The van der Waals surface area contributed by atoms with E-state index < -0.39 is 6.61 Å². The molecule has 1 N–H and O–H groups in total. The number of benzene rings is 1. The molecule has 1 atom stereocenters. The maximum atomic E-state index is 12.4. The van der Waals surface area contributed by atoms with E-state index in [1.165, 1.54) is 0 Å². The molecule has 1 aromatic carbocycles. The zero-order valence-corrected chi connectivity index (χ0v) is 12.0. The third-order valence-electron chi connectivity index (χ3n) is 3.30. The summed E-state index contributed by atoms with van der Waals surface area (Å²) in [7, 11) is 0. The lowest BCUT2D eigenvalue weighted by molar-refractivity contribution is -0.0506. The van der Waals surface area contributed by atoms with Crippen molar-refractivity contribution < 1.29 is 13.5 Å². The normalized spacial score (nSPS) is 12.4. The van der Waals surface area contributed by atoms with E-state index in [1.807, 2.05) is 26.0 Å². The SMILES string of the molecule is Cc1cccnc1CNC(C)c1ccccc1OC(F)F. The highest BCUT2D eigenvalue weighted by atomic mass is 19.3. The fourth-order valence-electron chi connectivity index (χ4n) is 2.10. The highest BCUT2D eigenvalue weighted by Crippen LogP contribution is 2.26. The van der Waals surface area contributed by atoms with E-state index in [1.54, 1.807) is 30.5 Å². The Kier molecular flexibility index (Phi) is 5.22. The van der Waals surface area contributed by atoms with E-state index in [4.69, 9.17) is 0 Å². The molecule has 0 aliphatic rings. The second kappa shape index (κ2) is 7.13. The van der Waals surface area contributed by atoms with Crippen LogP contribution in [-0.4, -0.2) is 11.6 Å². The van der Waals surface area contributed by atoms with Gasteiger partial charge in [0.05, 0.1) is 5.69 Å². The average molecular weight is 292 g/mol. The van der Waals surface area contributed by atoms with Crippen molar-refractivity contribution in [3.05, 3.63) is 59.4 Å². The monoisotopic (exact) mass is 292 g/mol. The summed E-state index contributed by atoms with van der Waals surface area (Å²) in [6.07, 6.45) is 1.74. The largest absolute Gasteiger partial charge is 0.434 e. The highest BCUT2D eigenvalue weighted by molar-refractivity contribution is 5.35. The van der Waals surface area contributed by atoms with Crippen LogP contribution in [0.5, 0.6) is 5.75 Å². The number of pyridine rings is 1. The minimum Gasteiger partial charge on any atom is -0.434 e. The van der Waals surface area contributed by atoms with E-state index in [9.17, 15) is 8.78 Å². The molecular weight excluding hydrogens is 274 g/mol. The molecule has 1 aromatic heterocycles. The molecule has 0 saturated heterocycles. The first-order chi connectivity index (χ1) is 10.1. The summed E-state index contributed by atoms with van der Waals surface area (Å²) in [5, 5.41) is 3.28. The van der Waals surface area contributed by atoms with Crippen molar-refractivity contribution in [2.45, 2.75) is 33.0 Å². The number of alkyl halides is 2. The Morgan fingerprint density at radius 2 is 1.95 bits per heavy atom. The summed E-state index contributed by atoms with van der Waals surface area (Å²) in [5.41, 5.74) is 2.73. The fourth-order valence-corrected chi connectivity index (χ4v) is 2.10. The maximum Gasteiger partial charge on any atom is 0.387 e. The van der Waals surface area contributed by atoms with Gasteiger partial charge in [-0.3, -0.25) is 4.98 Å². The standard InChI is InChI=1S/C16H18F2N2O/c1-11-6-5-9-19-14(11)10-20-12(2)13-7-3-4-8-15(13)21-16(17)18/h3-9,12,16,20H,10H2,1-2H3. The predicted molar refractivity (Wildman–Crippen MR) is 77.3 cm³/mol. The van der Waals surface area contributed by atoms with Crippen LogP contribution in [0.3, 0.4) is 0 Å². The number of nitrogens with one attached hydrogen (secondary N) is 1. The van der Waals surface area contributed by atoms with E-state index in [-0.39, 0.29) is 11.8 Å². The zero-order chi connectivity index (χ0) is 15.2. The molecule has 3 nitrogen and oxygen atoms in total. The lowest BCUT2D eigenvalue weighted by Crippen LogP contribution is -2.20. The predicted octanol–water partition coefficient (Wildman–Crippen LogP) is 3.84. The summed E-state index contributed by atoms with van der Waals surface area (Å²) in [6.45, 7) is 1.64. The highest BCUT2D eigenvalue weighted by Gasteiger charge is 2.14. The van der Waals surface area contributed by atoms with Crippen LogP contribution in [0.1, 0.15) is 29.8 Å². The lowest BCUT2D eigenvalue weighted by atomic mass is 10.1. The van der Waals surface area contributed by atoms with Gasteiger partial charge in [-0.15, -0.1) is 0 Å². The summed E-state index contributed by atoms with van der Waals surface area (Å²) >= 11 is 0. The Morgan fingerprint density at radius 1 is 1.19 bits per heavy atom. The fraction of sp³-hybridized carbons (Fsp3) is 0.312. The molecule has 0 spiro atoms. The number of aromatic nitrogens is 1. The van der Waals surface area contributed by atoms with Gasteiger partial charge in [-0.25, -0.2) is 0 Å². The van der Waals surface area contributed by atoms with Crippen LogP contribution < -0.4 is 10.1 Å². The second-order valence-corrected chi connectivity index (χ2v) is 4.79. The van der Waals surface area contributed by atoms with Gasteiger partial charge in [0, 0.05) is 24.3 Å². The van der Waals surface area contributed by atoms with Crippen LogP contribution in [0.4, 0.5) is 8.78 Å². The molecule has 2 rings (SSSR count). The number of hydrogen-bond acceptors (Lipinski definition) is 3. The smallest absolute Gasteiger partial charge is 0.387 e. The van der Waals surface area contributed by atoms with Crippen molar-refractivity contribution in [1.29, 1.82) is 0 Å². The van der Waals surface area contributed by atoms with Crippen LogP contribution in [0.2, 0.25) is 0 Å². The summed E-state index contributed by atoms with van der Waals surface area (Å²) in [6, 6.07) is 10.6. The molecular formula is C16H18F2N2O. The van der Waals surface area contributed by atoms with Crippen molar-refractivity contribution >= 4 is 0 Å². The van der Waals surface area contributed by atoms with Crippen molar-refractivity contribution in [3.8, 4) is 5.75 Å². The molecule has 0 radical (unpaired) electrons. The van der Waals surface area contributed by atoms with Gasteiger partial charge in [0.2, 0.25) is 0 Å². The van der Waals surface area contributed by atoms with Gasteiger partial charge in [-0.1, -0.05) is 24.3 Å². The first-order valence-corrected chi connectivity index (χ1v) is 6.75. The number of halogens is 2. The van der Waals surface area contributed by atoms with Crippen molar-refractivity contribution in [3.63, 3.8) is 0 Å². The Balaban J connectivity index is 2.07. The van der Waals surface area contributed by atoms with Gasteiger partial charge < -0.3 is 10.1 Å². The Labute approximate surface area is 123 Å². The number of ether oxygens (including phenoxy) is 1. The minimum absolute atomic E-state index is 0.124. The van der Waals surface area contributed by atoms with Crippen molar-refractivity contribution in [2.75, 3.05) is 0 Å². The van der Waals surface area contributed by atoms with Gasteiger partial charge in [-0.2, -0.15) is 8.78 Å². The van der Waals surface area contributed by atoms with Crippen LogP contribution in [-0.2, 0) is 6.54 Å². The molecule has 0 saturated carbocycles. The summed E-state index contributed by atoms with van der Waals surface area (Å²) in [5.74, 6) is 0.199. The Morgan fingerprint density at radius 3 is 2.67 bits per heavy atom. The summed E-state index contributed by atoms with van der Waals surface area (Å²) < 4.78 is 29.4. The van der Waals surface area contributed by atoms with Crippen LogP contribution in [0.25, 0.3) is 0 Å². The van der Waals surface area contributed by atoms with Crippen molar-refractivity contribution in [1.82, 2.24) is 10.3 Å². The zero-order valence-electron chi connectivity index (χ0n) is 12.0. The number of nitrogens with zero attached hydrogens (tertiary/aromatic N) is 1. The van der Waals surface area contributed by atoms with Gasteiger partial charge in [0.1, 0.15) is 5.75 Å². The number of para-hydroxylation sites is 1. The number of rotatable bonds is 6. The van der Waals surface area contributed by atoms with Gasteiger partial charge >= 0.3 is 6.61 Å². The first kappa shape index (κ1) is 15.4. The topological polar surface area (TPSA) is 34.2 Å². The molecule has 0 fully saturated rings. The molecule has 0 bridgehead atoms. The van der Waals surface area contributed by atoms with E-state index in [0.29, 0.717) is 12.1 Å². The molecule has 1 heterocycles. The number of hydrogen-bond donors (Lipinski definition) is 1. The first-order valence-electron chi connectivity index (χ1n) is 6.75. The number of aryl methyl sites for hydroxylation is 1.